The maximum atomic E-state index is 12.2. The molecule has 21 heavy (non-hydrogen) atoms. The summed E-state index contributed by atoms with van der Waals surface area (Å²) < 4.78 is 1.97. The number of imidazole rings is 1. The number of nitrogens with zero attached hydrogens (tertiary/aromatic N) is 2. The highest BCUT2D eigenvalue weighted by Gasteiger charge is 2.15. The number of hydrogen-bond donors (Lipinski definition) is 2. The molecule has 0 aliphatic carbocycles. The summed E-state index contributed by atoms with van der Waals surface area (Å²) in [7, 11) is 0. The van der Waals surface area contributed by atoms with Crippen molar-refractivity contribution < 1.29 is 9.59 Å². The van der Waals surface area contributed by atoms with Gasteiger partial charge in [0.2, 0.25) is 5.91 Å². The Balaban J connectivity index is 2.09. The van der Waals surface area contributed by atoms with Gasteiger partial charge >= 0.3 is 0 Å². The number of nitrogens with one attached hydrogen (secondary N) is 1. The molecule has 0 fully saturated rings. The average Bonchev–Trinajstić information content (AvgIpc) is 2.95. The molecule has 0 aliphatic heterocycles. The van der Waals surface area contributed by atoms with Crippen LogP contribution < -0.4 is 11.1 Å². The van der Waals surface area contributed by atoms with Crippen LogP contribution in [0.2, 0.25) is 0 Å². The second-order valence-corrected chi connectivity index (χ2v) is 4.71. The molecule has 1 aromatic carbocycles. The molecule has 0 bridgehead atoms. The number of carbonyl (C=O) groups excluding carboxylic acids is 2. The lowest BCUT2D eigenvalue weighted by atomic mass is 10.1. The number of rotatable bonds is 5. The predicted molar refractivity (Wildman–Crippen MR) is 78.7 cm³/mol. The lowest BCUT2D eigenvalue weighted by Crippen LogP contribution is -2.28. The van der Waals surface area contributed by atoms with Crippen molar-refractivity contribution in [3.8, 4) is 0 Å². The molecular formula is C15H18N4O2. The van der Waals surface area contributed by atoms with Gasteiger partial charge in [0.1, 0.15) is 5.82 Å². The zero-order valence-electron chi connectivity index (χ0n) is 12.0. The molecule has 1 unspecified atom stereocenters. The molecule has 0 radical (unpaired) electrons. The number of amides is 2. The third-order valence-corrected chi connectivity index (χ3v) is 3.25. The van der Waals surface area contributed by atoms with Crippen LogP contribution in [0.1, 0.15) is 46.4 Å². The molecule has 0 saturated carbocycles. The van der Waals surface area contributed by atoms with Crippen molar-refractivity contribution in [3.05, 3.63) is 53.6 Å². The molecule has 6 heteroatoms. The van der Waals surface area contributed by atoms with Crippen molar-refractivity contribution in [2.75, 3.05) is 0 Å². The van der Waals surface area contributed by atoms with Gasteiger partial charge in [0.15, 0.2) is 0 Å². The Hall–Kier alpha value is -2.63. The molecular weight excluding hydrogens is 268 g/mol. The Bertz CT molecular complexity index is 646. The molecule has 1 aromatic heterocycles. The molecule has 1 atom stereocenters. The van der Waals surface area contributed by atoms with E-state index in [2.05, 4.69) is 10.3 Å². The van der Waals surface area contributed by atoms with Crippen LogP contribution in [0.5, 0.6) is 0 Å². The van der Waals surface area contributed by atoms with E-state index in [0.717, 1.165) is 12.4 Å². The van der Waals surface area contributed by atoms with Crippen LogP contribution in [0.3, 0.4) is 0 Å². The van der Waals surface area contributed by atoms with Gasteiger partial charge in [-0.05, 0) is 38.1 Å². The summed E-state index contributed by atoms with van der Waals surface area (Å²) in [5, 5.41) is 2.88. The van der Waals surface area contributed by atoms with E-state index in [9.17, 15) is 9.59 Å². The fourth-order valence-corrected chi connectivity index (χ4v) is 2.10. The number of aromatic nitrogens is 2. The Labute approximate surface area is 123 Å². The molecule has 3 N–H and O–H groups in total. The summed E-state index contributed by atoms with van der Waals surface area (Å²) >= 11 is 0. The first-order valence-corrected chi connectivity index (χ1v) is 6.74. The molecule has 1 heterocycles. The Morgan fingerprint density at radius 3 is 2.48 bits per heavy atom. The van der Waals surface area contributed by atoms with E-state index < -0.39 is 5.91 Å². The standard InChI is InChI=1S/C15H18N4O2/c1-3-19-9-8-17-14(19)10(2)18-15(21)12-6-4-11(5-7-12)13(16)20/h4-10H,3H2,1-2H3,(H2,16,20)(H,18,21). The molecule has 2 aromatic rings. The molecule has 0 spiro atoms. The zero-order valence-corrected chi connectivity index (χ0v) is 12.0. The second kappa shape index (κ2) is 6.21. The minimum Gasteiger partial charge on any atom is -0.366 e. The van der Waals surface area contributed by atoms with Gasteiger partial charge in [0.05, 0.1) is 6.04 Å². The first-order chi connectivity index (χ1) is 10.0. The Kier molecular flexibility index (Phi) is 4.37. The SMILES string of the molecule is CCn1ccnc1C(C)NC(=O)c1ccc(C(N)=O)cc1. The largest absolute Gasteiger partial charge is 0.366 e. The summed E-state index contributed by atoms with van der Waals surface area (Å²) in [5.41, 5.74) is 6.02. The molecule has 2 rings (SSSR count). The number of nitrogens with two attached hydrogens (primary N) is 1. The van der Waals surface area contributed by atoms with E-state index >= 15 is 0 Å². The quantitative estimate of drug-likeness (QED) is 0.872. The van der Waals surface area contributed by atoms with Crippen molar-refractivity contribution in [2.24, 2.45) is 5.73 Å². The van der Waals surface area contributed by atoms with Crippen molar-refractivity contribution in [1.29, 1.82) is 0 Å². The maximum absolute atomic E-state index is 12.2. The maximum Gasteiger partial charge on any atom is 0.251 e. The number of benzene rings is 1. The van der Waals surface area contributed by atoms with E-state index in [-0.39, 0.29) is 11.9 Å². The van der Waals surface area contributed by atoms with E-state index in [0.29, 0.717) is 11.1 Å². The third-order valence-electron chi connectivity index (χ3n) is 3.25. The van der Waals surface area contributed by atoms with Crippen LogP contribution in [0.25, 0.3) is 0 Å². The van der Waals surface area contributed by atoms with Crippen LogP contribution >= 0.6 is 0 Å². The second-order valence-electron chi connectivity index (χ2n) is 4.71. The zero-order chi connectivity index (χ0) is 15.4. The number of carbonyl (C=O) groups is 2. The van der Waals surface area contributed by atoms with Gasteiger partial charge in [-0.3, -0.25) is 9.59 Å². The summed E-state index contributed by atoms with van der Waals surface area (Å²) in [6.07, 6.45) is 3.59. The van der Waals surface area contributed by atoms with Gasteiger partial charge in [0.25, 0.3) is 5.91 Å². The highest BCUT2D eigenvalue weighted by molar-refractivity contribution is 5.97. The average molecular weight is 286 g/mol. The van der Waals surface area contributed by atoms with Crippen molar-refractivity contribution in [2.45, 2.75) is 26.4 Å². The monoisotopic (exact) mass is 286 g/mol. The van der Waals surface area contributed by atoms with Crippen LogP contribution in [-0.4, -0.2) is 21.4 Å². The smallest absolute Gasteiger partial charge is 0.251 e. The van der Waals surface area contributed by atoms with E-state index in [4.69, 9.17) is 5.73 Å². The number of hydrogen-bond acceptors (Lipinski definition) is 3. The van der Waals surface area contributed by atoms with E-state index in [1.54, 1.807) is 18.3 Å². The number of aryl methyl sites for hydroxylation is 1. The molecule has 0 aliphatic rings. The van der Waals surface area contributed by atoms with E-state index in [1.165, 1.54) is 12.1 Å². The summed E-state index contributed by atoms with van der Waals surface area (Å²) in [4.78, 5) is 27.4. The van der Waals surface area contributed by atoms with Gasteiger partial charge in [-0.1, -0.05) is 0 Å². The van der Waals surface area contributed by atoms with Crippen LogP contribution in [0.4, 0.5) is 0 Å². The van der Waals surface area contributed by atoms with Crippen molar-refractivity contribution >= 4 is 11.8 Å². The Morgan fingerprint density at radius 2 is 1.90 bits per heavy atom. The highest BCUT2D eigenvalue weighted by Crippen LogP contribution is 2.12. The molecule has 2 amide bonds. The lowest BCUT2D eigenvalue weighted by molar-refractivity contribution is 0.0935. The van der Waals surface area contributed by atoms with Gasteiger partial charge in [-0.15, -0.1) is 0 Å². The topological polar surface area (TPSA) is 90.0 Å². The Morgan fingerprint density at radius 1 is 1.29 bits per heavy atom. The van der Waals surface area contributed by atoms with Crippen LogP contribution in [0, 0.1) is 0 Å². The van der Waals surface area contributed by atoms with Crippen LogP contribution in [-0.2, 0) is 6.54 Å². The molecule has 0 saturated heterocycles. The van der Waals surface area contributed by atoms with Gasteiger partial charge in [-0.2, -0.15) is 0 Å². The first kappa shape index (κ1) is 14.8. The summed E-state index contributed by atoms with van der Waals surface area (Å²) in [6.45, 7) is 4.69. The fraction of sp³-hybridized carbons (Fsp3) is 0.267. The fourth-order valence-electron chi connectivity index (χ4n) is 2.10. The minimum absolute atomic E-state index is 0.205. The van der Waals surface area contributed by atoms with Crippen molar-refractivity contribution in [1.82, 2.24) is 14.9 Å². The predicted octanol–water partition coefficient (Wildman–Crippen LogP) is 1.49. The van der Waals surface area contributed by atoms with Gasteiger partial charge < -0.3 is 15.6 Å². The van der Waals surface area contributed by atoms with Gasteiger partial charge in [0, 0.05) is 30.1 Å². The highest BCUT2D eigenvalue weighted by atomic mass is 16.2. The first-order valence-electron chi connectivity index (χ1n) is 6.74. The summed E-state index contributed by atoms with van der Waals surface area (Å²) in [6, 6.07) is 6.02. The molecule has 6 nitrogen and oxygen atoms in total. The number of primary amides is 1. The van der Waals surface area contributed by atoms with Crippen LogP contribution in [0.15, 0.2) is 36.7 Å². The lowest BCUT2D eigenvalue weighted by Gasteiger charge is -2.15. The molecule has 110 valence electrons. The van der Waals surface area contributed by atoms with Gasteiger partial charge in [-0.25, -0.2) is 4.98 Å². The van der Waals surface area contributed by atoms with E-state index in [1.807, 2.05) is 24.6 Å². The third kappa shape index (κ3) is 3.28. The summed E-state index contributed by atoms with van der Waals surface area (Å²) in [5.74, 6) is 0.0732. The normalized spacial score (nSPS) is 11.9. The minimum atomic E-state index is -0.514. The van der Waals surface area contributed by atoms with Crippen molar-refractivity contribution in [3.63, 3.8) is 0 Å².